The quantitative estimate of drug-likeness (QED) is 0.0236. The van der Waals surface area contributed by atoms with E-state index in [2.05, 4.69) is 60.5 Å². The predicted molar refractivity (Wildman–Crippen MR) is 294 cm³/mol. The van der Waals surface area contributed by atoms with Crippen LogP contribution in [0.25, 0.3) is 22.3 Å². The number of anilines is 2. The summed E-state index contributed by atoms with van der Waals surface area (Å²) in [4.78, 5) is 48.9. The largest absolute Gasteiger partial charge is 0.497 e. The van der Waals surface area contributed by atoms with Gasteiger partial charge in [0.05, 0.1) is 58.1 Å². The molecule has 2 aliphatic rings. The molecule has 1 unspecified atom stereocenters. The van der Waals surface area contributed by atoms with Crippen LogP contribution in [0, 0.1) is 11.3 Å². The summed E-state index contributed by atoms with van der Waals surface area (Å²) in [6, 6.07) is 41.9. The summed E-state index contributed by atoms with van der Waals surface area (Å²) in [6.45, 7) is 9.88. The third kappa shape index (κ3) is 10.9. The molecular formula is C58H64N9O8P. The van der Waals surface area contributed by atoms with Crippen molar-refractivity contribution in [2.24, 2.45) is 4.99 Å². The molecule has 1 aliphatic carbocycles. The highest BCUT2D eigenvalue weighted by atomic mass is 31.2. The third-order valence-corrected chi connectivity index (χ3v) is 15.6. The second kappa shape index (κ2) is 23.3. The van der Waals surface area contributed by atoms with Crippen molar-refractivity contribution in [3.8, 4) is 28.7 Å². The van der Waals surface area contributed by atoms with Crippen LogP contribution in [0.15, 0.2) is 131 Å². The van der Waals surface area contributed by atoms with E-state index in [1.54, 1.807) is 23.7 Å². The molecule has 394 valence electrons. The zero-order valence-electron chi connectivity index (χ0n) is 44.3. The van der Waals surface area contributed by atoms with Gasteiger partial charge in [0, 0.05) is 39.5 Å². The molecule has 1 fully saturated rings. The summed E-state index contributed by atoms with van der Waals surface area (Å²) in [7, 11) is 5.06. The molecule has 0 saturated carbocycles. The van der Waals surface area contributed by atoms with Crippen LogP contribution in [0.4, 0.5) is 17.6 Å². The second-order valence-corrected chi connectivity index (χ2v) is 20.9. The van der Waals surface area contributed by atoms with Gasteiger partial charge >= 0.3 is 0 Å². The Labute approximate surface area is 444 Å². The van der Waals surface area contributed by atoms with Gasteiger partial charge in [-0.2, -0.15) is 10.2 Å². The van der Waals surface area contributed by atoms with Gasteiger partial charge in [-0.3, -0.25) is 24.0 Å². The first-order valence-corrected chi connectivity index (χ1v) is 26.5. The van der Waals surface area contributed by atoms with Crippen molar-refractivity contribution < 1.29 is 32.8 Å². The number of rotatable bonds is 21. The molecule has 9 rings (SSSR count). The highest BCUT2D eigenvalue weighted by Gasteiger charge is 2.46. The SMILES string of the molecule is COc1ccc(C(OC[C@H]2O[C@@H](n3c(N(C(C)=O)c4ccc5c(c4)Cc4ccccc4-5)nc4c(=O)[nH]c(/N=C/N(C)C)nc43)C[C@@H]2OP(OCCC#N)N(C(C)C)C(C)C)(c2ccccc2)c2ccc(OC)cc2)cc1. The first kappa shape index (κ1) is 53.5. The molecule has 3 heterocycles. The lowest BCUT2D eigenvalue weighted by atomic mass is 9.80. The molecule has 1 aliphatic heterocycles. The number of nitriles is 1. The molecule has 0 bridgehead atoms. The number of imidazole rings is 1. The molecule has 2 aromatic heterocycles. The molecule has 0 radical (unpaired) electrons. The normalized spacial score (nSPS) is 16.6. The maximum atomic E-state index is 14.3. The second-order valence-electron chi connectivity index (χ2n) is 19.5. The van der Waals surface area contributed by atoms with E-state index >= 15 is 0 Å². The summed E-state index contributed by atoms with van der Waals surface area (Å²) < 4.78 is 43.8. The minimum absolute atomic E-state index is 0.0117. The number of ether oxygens (including phenoxy) is 4. The maximum Gasteiger partial charge on any atom is 0.280 e. The van der Waals surface area contributed by atoms with Crippen molar-refractivity contribution in [3.63, 3.8) is 0 Å². The Morgan fingerprint density at radius 1 is 0.882 bits per heavy atom. The van der Waals surface area contributed by atoms with Crippen LogP contribution in [0.2, 0.25) is 0 Å². The van der Waals surface area contributed by atoms with Gasteiger partial charge in [0.25, 0.3) is 14.1 Å². The van der Waals surface area contributed by atoms with Crippen LogP contribution in [0.1, 0.15) is 81.5 Å². The van der Waals surface area contributed by atoms with Gasteiger partial charge in [0.15, 0.2) is 11.2 Å². The average Bonchev–Trinajstić information content (AvgIpc) is 4.16. The number of hydrogen-bond donors (Lipinski definition) is 1. The Kier molecular flexibility index (Phi) is 16.4. The minimum Gasteiger partial charge on any atom is -0.497 e. The zero-order valence-corrected chi connectivity index (χ0v) is 45.2. The van der Waals surface area contributed by atoms with Crippen molar-refractivity contribution in [2.75, 3.05) is 46.4 Å². The number of hydrogen-bond acceptors (Lipinski definition) is 13. The van der Waals surface area contributed by atoms with E-state index in [1.807, 2.05) is 123 Å². The summed E-state index contributed by atoms with van der Waals surface area (Å²) in [5, 5.41) is 9.65. The van der Waals surface area contributed by atoms with Crippen molar-refractivity contribution in [1.29, 1.82) is 5.26 Å². The summed E-state index contributed by atoms with van der Waals surface area (Å²) in [6.07, 6.45) is -0.00730. The average molecular weight is 1050 g/mol. The van der Waals surface area contributed by atoms with Crippen molar-refractivity contribution in [1.82, 2.24) is 29.1 Å². The number of methoxy groups -OCH3 is 2. The van der Waals surface area contributed by atoms with E-state index in [0.717, 1.165) is 33.4 Å². The molecule has 18 heteroatoms. The molecule has 7 aromatic rings. The van der Waals surface area contributed by atoms with Crippen LogP contribution < -0.4 is 19.9 Å². The highest BCUT2D eigenvalue weighted by molar-refractivity contribution is 7.44. The number of nitrogens with one attached hydrogen (secondary N) is 1. The summed E-state index contributed by atoms with van der Waals surface area (Å²) in [5.41, 5.74) is 5.83. The lowest BCUT2D eigenvalue weighted by Crippen LogP contribution is -2.39. The zero-order chi connectivity index (χ0) is 53.7. The first-order chi connectivity index (χ1) is 36.7. The molecule has 76 heavy (non-hydrogen) atoms. The molecule has 1 amide bonds. The van der Waals surface area contributed by atoms with E-state index in [1.165, 1.54) is 23.7 Å². The number of fused-ring (bicyclic) bond motifs is 4. The first-order valence-electron chi connectivity index (χ1n) is 25.4. The van der Waals surface area contributed by atoms with Crippen molar-refractivity contribution >= 4 is 49.5 Å². The highest BCUT2D eigenvalue weighted by Crippen LogP contribution is 2.52. The van der Waals surface area contributed by atoms with Crippen LogP contribution in [-0.2, 0) is 35.3 Å². The van der Waals surface area contributed by atoms with Crippen LogP contribution in [-0.4, -0.2) is 107 Å². The van der Waals surface area contributed by atoms with Gasteiger partial charge < -0.3 is 32.9 Å². The number of H-pyrrole nitrogens is 1. The Morgan fingerprint density at radius 3 is 2.13 bits per heavy atom. The number of carbonyl (C=O) groups excluding carboxylic acids is 1. The number of aliphatic imine (C=N–C) groups is 1. The number of carbonyl (C=O) groups is 1. The monoisotopic (exact) mass is 1050 g/mol. The molecular weight excluding hydrogens is 982 g/mol. The molecule has 1 saturated heterocycles. The lowest BCUT2D eigenvalue weighted by Gasteiger charge is -2.39. The lowest BCUT2D eigenvalue weighted by molar-refractivity contribution is -0.116. The van der Waals surface area contributed by atoms with Gasteiger partial charge in [0.1, 0.15) is 29.4 Å². The molecule has 17 nitrogen and oxygen atoms in total. The number of aromatic nitrogens is 4. The minimum atomic E-state index is -1.82. The van der Waals surface area contributed by atoms with E-state index in [-0.39, 0.29) is 67.1 Å². The smallest absolute Gasteiger partial charge is 0.280 e. The Hall–Kier alpha value is -7.29. The third-order valence-electron chi connectivity index (χ3n) is 13.5. The van der Waals surface area contributed by atoms with Crippen LogP contribution in [0.3, 0.4) is 0 Å². The van der Waals surface area contributed by atoms with E-state index in [4.69, 9.17) is 38.0 Å². The summed E-state index contributed by atoms with van der Waals surface area (Å²) in [5.74, 6) is 1.14. The molecule has 4 atom stereocenters. The van der Waals surface area contributed by atoms with Gasteiger partial charge in [-0.05, 0) is 109 Å². The van der Waals surface area contributed by atoms with Crippen molar-refractivity contribution in [2.45, 2.75) is 90.0 Å². The molecule has 0 spiro atoms. The Morgan fingerprint density at radius 2 is 1.51 bits per heavy atom. The Balaban J connectivity index is 1.21. The molecule has 1 N–H and O–H groups in total. The van der Waals surface area contributed by atoms with Gasteiger partial charge in [-0.1, -0.05) is 84.9 Å². The van der Waals surface area contributed by atoms with Crippen LogP contribution in [0.5, 0.6) is 11.5 Å². The van der Waals surface area contributed by atoms with E-state index in [0.29, 0.717) is 23.6 Å². The Bertz CT molecular complexity index is 3230. The van der Waals surface area contributed by atoms with E-state index < -0.39 is 38.1 Å². The van der Waals surface area contributed by atoms with E-state index in [9.17, 15) is 14.9 Å². The fourth-order valence-corrected chi connectivity index (χ4v) is 11.9. The van der Waals surface area contributed by atoms with Gasteiger partial charge in [-0.15, -0.1) is 0 Å². The number of nitrogens with zero attached hydrogens (tertiary/aromatic N) is 8. The number of benzene rings is 5. The predicted octanol–water partition coefficient (Wildman–Crippen LogP) is 10.6. The molecule has 5 aromatic carbocycles. The number of amides is 1. The van der Waals surface area contributed by atoms with Gasteiger partial charge in [0.2, 0.25) is 17.8 Å². The van der Waals surface area contributed by atoms with Crippen molar-refractivity contribution in [3.05, 3.63) is 159 Å². The fraction of sp³-hybridized carbons (Fsp3) is 0.345. The van der Waals surface area contributed by atoms with Gasteiger partial charge in [-0.25, -0.2) is 14.6 Å². The van der Waals surface area contributed by atoms with Crippen LogP contribution >= 0.6 is 8.53 Å². The standard InChI is InChI=1S/C58H64N9O8P/c1-37(2)67(38(3)4)76(73-31-15-30-59)75-50-34-52(74-51(50)35-72-58(42-17-11-10-12-18-42,43-20-25-46(70-8)26-21-43)44-22-27-47(71-9)28-23-44)66-54-53(55(69)63-56(62-54)60-36-64(6)7)61-57(66)65(39(5)68)45-24-29-49-41(33-45)32-40-16-13-14-19-48(40)49/h10-14,16-29,33,36-38,50-52H,15,31-32,34-35H2,1-9H3,(H,62,63,69)/b60-36+/t50-,51+,52+,76?/m0/s1. The fourth-order valence-electron chi connectivity index (χ4n) is 10.1. The maximum absolute atomic E-state index is 14.3. The topological polar surface area (TPSA) is 182 Å². The number of aromatic amines is 1. The summed E-state index contributed by atoms with van der Waals surface area (Å²) >= 11 is 0.